The van der Waals surface area contributed by atoms with Gasteiger partial charge >= 0.3 is 0 Å². The summed E-state index contributed by atoms with van der Waals surface area (Å²) in [6.07, 6.45) is 1.33. The number of anilines is 1. The molecule has 27 heavy (non-hydrogen) atoms. The maximum absolute atomic E-state index is 13.1. The van der Waals surface area contributed by atoms with Gasteiger partial charge in [0.05, 0.1) is 0 Å². The highest BCUT2D eigenvalue weighted by molar-refractivity contribution is 6.11. The molecular formula is C22H22N3O2+. The van der Waals surface area contributed by atoms with Crippen LogP contribution in [0.15, 0.2) is 60.7 Å². The van der Waals surface area contributed by atoms with Crippen molar-refractivity contribution in [2.24, 2.45) is 0 Å². The molecule has 0 aromatic heterocycles. The van der Waals surface area contributed by atoms with Crippen LogP contribution < -0.4 is 4.90 Å². The first-order valence-electron chi connectivity index (χ1n) is 9.06. The molecule has 4 rings (SSSR count). The van der Waals surface area contributed by atoms with E-state index in [-0.39, 0.29) is 5.91 Å². The van der Waals surface area contributed by atoms with Crippen LogP contribution in [0.2, 0.25) is 0 Å². The fourth-order valence-electron chi connectivity index (χ4n) is 3.70. The van der Waals surface area contributed by atoms with Crippen LogP contribution in [0.4, 0.5) is 5.69 Å². The van der Waals surface area contributed by atoms with Gasteiger partial charge < -0.3 is 20.3 Å². The number of benzene rings is 3. The van der Waals surface area contributed by atoms with E-state index in [0.717, 1.165) is 35.1 Å². The average molecular weight is 360 g/mol. The van der Waals surface area contributed by atoms with E-state index in [4.69, 9.17) is 10.5 Å². The predicted octanol–water partition coefficient (Wildman–Crippen LogP) is 3.24. The van der Waals surface area contributed by atoms with Gasteiger partial charge in [0.15, 0.2) is 0 Å². The summed E-state index contributed by atoms with van der Waals surface area (Å²) in [4.78, 5) is 17.2. The van der Waals surface area contributed by atoms with E-state index in [0.29, 0.717) is 24.4 Å². The van der Waals surface area contributed by atoms with Gasteiger partial charge in [-0.15, -0.1) is 0 Å². The normalized spacial score (nSPS) is 14.4. The standard InChI is InChI=1S/C22H21N3O2/c23-15-16-9-10-19(18-6-2-1-5-17(16)18)22(27)25-13-11-24(12-14-25)20-7-3-4-8-21(20)26/h1-10,15,23,26H,11-14H2/p+1. The summed E-state index contributed by atoms with van der Waals surface area (Å²) in [6, 6.07) is 19.0. The average Bonchev–Trinajstić information content (AvgIpc) is 2.73. The van der Waals surface area contributed by atoms with E-state index in [1.165, 1.54) is 6.21 Å². The van der Waals surface area contributed by atoms with Crippen LogP contribution in [0, 0.1) is 5.41 Å². The molecule has 1 heterocycles. The molecule has 0 spiro atoms. The van der Waals surface area contributed by atoms with Crippen molar-refractivity contribution in [3.05, 3.63) is 71.8 Å². The lowest BCUT2D eigenvalue weighted by Crippen LogP contribution is -2.48. The Kier molecular flexibility index (Phi) is 4.50. The second-order valence-corrected chi connectivity index (χ2v) is 6.69. The molecule has 0 atom stereocenters. The highest BCUT2D eigenvalue weighted by atomic mass is 16.3. The second-order valence-electron chi connectivity index (χ2n) is 6.69. The zero-order valence-electron chi connectivity index (χ0n) is 15.0. The number of para-hydroxylation sites is 2. The van der Waals surface area contributed by atoms with Crippen LogP contribution in [0.1, 0.15) is 15.9 Å². The first kappa shape index (κ1) is 17.1. The van der Waals surface area contributed by atoms with Crippen LogP contribution in [0.3, 0.4) is 0 Å². The molecular weight excluding hydrogens is 338 g/mol. The van der Waals surface area contributed by atoms with Gasteiger partial charge in [0.1, 0.15) is 5.69 Å². The molecule has 5 nitrogen and oxygen atoms in total. The first-order valence-corrected chi connectivity index (χ1v) is 9.06. The molecule has 5 heteroatoms. The maximum Gasteiger partial charge on any atom is 0.277 e. The van der Waals surface area contributed by atoms with Gasteiger partial charge in [-0.1, -0.05) is 42.5 Å². The molecule has 0 aliphatic carbocycles. The zero-order chi connectivity index (χ0) is 18.8. The molecule has 1 amide bonds. The van der Waals surface area contributed by atoms with E-state index in [1.54, 1.807) is 6.07 Å². The minimum absolute atomic E-state index is 0.0292. The van der Waals surface area contributed by atoms with Crippen molar-refractivity contribution in [3.8, 4) is 5.75 Å². The third kappa shape index (κ3) is 3.12. The third-order valence-electron chi connectivity index (χ3n) is 5.16. The molecule has 0 unspecified atom stereocenters. The number of carbonyl (C=O) groups excluding carboxylic acids is 1. The second kappa shape index (κ2) is 7.11. The van der Waals surface area contributed by atoms with Gasteiger partial charge in [0, 0.05) is 44.0 Å². The molecule has 0 radical (unpaired) electrons. The Morgan fingerprint density at radius 3 is 2.26 bits per heavy atom. The van der Waals surface area contributed by atoms with Crippen molar-refractivity contribution < 1.29 is 9.90 Å². The van der Waals surface area contributed by atoms with Crippen molar-refractivity contribution in [3.63, 3.8) is 0 Å². The molecule has 0 bridgehead atoms. The van der Waals surface area contributed by atoms with Crippen molar-refractivity contribution in [1.82, 2.24) is 4.90 Å². The quantitative estimate of drug-likeness (QED) is 0.575. The van der Waals surface area contributed by atoms with E-state index in [2.05, 4.69) is 4.90 Å². The molecule has 0 saturated carbocycles. The molecule has 1 aliphatic heterocycles. The number of amides is 1. The number of hydrogen-bond acceptors (Lipinski definition) is 3. The summed E-state index contributed by atoms with van der Waals surface area (Å²) in [5.41, 5.74) is 2.43. The highest BCUT2D eigenvalue weighted by Gasteiger charge is 2.25. The van der Waals surface area contributed by atoms with Crippen molar-refractivity contribution in [2.45, 2.75) is 0 Å². The topological polar surface area (TPSA) is 70.3 Å². The lowest BCUT2D eigenvalue weighted by Gasteiger charge is -2.35. The molecule has 3 N–H and O–H groups in total. The summed E-state index contributed by atoms with van der Waals surface area (Å²) in [7, 11) is 0. The fourth-order valence-corrected chi connectivity index (χ4v) is 3.70. The number of piperazine rings is 1. The summed E-state index contributed by atoms with van der Waals surface area (Å²) < 4.78 is 0. The summed E-state index contributed by atoms with van der Waals surface area (Å²) in [5, 5.41) is 17.5. The molecule has 3 aromatic rings. The van der Waals surface area contributed by atoms with Gasteiger partial charge in [-0.25, -0.2) is 0 Å². The molecule has 136 valence electrons. The number of nitrogens with zero attached hydrogens (tertiary/aromatic N) is 2. The Morgan fingerprint density at radius 1 is 0.889 bits per heavy atom. The number of fused-ring (bicyclic) bond motifs is 1. The Balaban J connectivity index is 1.56. The van der Waals surface area contributed by atoms with Crippen LogP contribution in [0.25, 0.3) is 10.8 Å². The fraction of sp³-hybridized carbons (Fsp3) is 0.182. The summed E-state index contributed by atoms with van der Waals surface area (Å²) in [5.74, 6) is 0.548. The monoisotopic (exact) mass is 360 g/mol. The largest absolute Gasteiger partial charge is 0.592 e. The maximum atomic E-state index is 13.1. The van der Waals surface area contributed by atoms with Crippen LogP contribution in [-0.2, 0) is 0 Å². The van der Waals surface area contributed by atoms with Gasteiger partial charge in [0.25, 0.3) is 11.7 Å². The van der Waals surface area contributed by atoms with Crippen molar-refractivity contribution in [1.29, 1.82) is 5.41 Å². The SMILES string of the molecule is N=Cc1ccc(C(=O)N2CCN(c3ccccc3[OH2+])CC2)c2ccccc12. The molecule has 3 aromatic carbocycles. The van der Waals surface area contributed by atoms with Crippen LogP contribution in [-0.4, -0.2) is 48.3 Å². The smallest absolute Gasteiger partial charge is 0.277 e. The van der Waals surface area contributed by atoms with Crippen molar-refractivity contribution >= 4 is 28.6 Å². The lowest BCUT2D eigenvalue weighted by molar-refractivity contribution is 0.0748. The lowest BCUT2D eigenvalue weighted by atomic mass is 9.99. The van der Waals surface area contributed by atoms with Crippen molar-refractivity contribution in [2.75, 3.05) is 31.1 Å². The predicted molar refractivity (Wildman–Crippen MR) is 109 cm³/mol. The Labute approximate surface area is 158 Å². The number of rotatable bonds is 3. The number of hydrogen-bond donors (Lipinski definition) is 1. The molecule has 1 fully saturated rings. The zero-order valence-corrected chi connectivity index (χ0v) is 15.0. The van der Waals surface area contributed by atoms with Gasteiger partial charge in [0.2, 0.25) is 0 Å². The van der Waals surface area contributed by atoms with E-state index in [1.807, 2.05) is 59.5 Å². The highest BCUT2D eigenvalue weighted by Crippen LogP contribution is 2.28. The minimum Gasteiger partial charge on any atom is -0.592 e. The van der Waals surface area contributed by atoms with Gasteiger partial charge in [-0.05, 0) is 28.5 Å². The third-order valence-corrected chi connectivity index (χ3v) is 5.16. The first-order chi connectivity index (χ1) is 13.2. The van der Waals surface area contributed by atoms with E-state index in [9.17, 15) is 4.79 Å². The van der Waals surface area contributed by atoms with E-state index < -0.39 is 0 Å². The number of carbonyl (C=O) groups is 1. The Morgan fingerprint density at radius 2 is 1.56 bits per heavy atom. The van der Waals surface area contributed by atoms with E-state index >= 15 is 0 Å². The summed E-state index contributed by atoms with van der Waals surface area (Å²) >= 11 is 0. The molecule has 1 saturated heterocycles. The Hall–Kier alpha value is -3.34. The van der Waals surface area contributed by atoms with Crippen LogP contribution in [0.5, 0.6) is 5.75 Å². The van der Waals surface area contributed by atoms with Gasteiger partial charge in [-0.3, -0.25) is 4.79 Å². The number of nitrogens with one attached hydrogen (secondary N) is 1. The molecule has 1 aliphatic rings. The minimum atomic E-state index is 0.0292. The Bertz CT molecular complexity index is 1010. The van der Waals surface area contributed by atoms with Crippen LogP contribution >= 0.6 is 0 Å². The summed E-state index contributed by atoms with van der Waals surface area (Å²) in [6.45, 7) is 2.71. The van der Waals surface area contributed by atoms with Gasteiger partial charge in [-0.2, -0.15) is 0 Å².